The van der Waals surface area contributed by atoms with E-state index in [-0.39, 0.29) is 17.9 Å². The number of rotatable bonds is 7. The van der Waals surface area contributed by atoms with Gasteiger partial charge in [0, 0.05) is 37.8 Å². The summed E-state index contributed by atoms with van der Waals surface area (Å²) < 4.78 is 11.4. The van der Waals surface area contributed by atoms with E-state index in [1.807, 2.05) is 35.2 Å². The van der Waals surface area contributed by atoms with E-state index in [2.05, 4.69) is 11.1 Å². The molecule has 142 valence electrons. The quantitative estimate of drug-likeness (QED) is 0.752. The average Bonchev–Trinajstić information content (AvgIpc) is 3.14. The van der Waals surface area contributed by atoms with Crippen molar-refractivity contribution in [2.45, 2.75) is 44.9 Å². The number of carbonyl (C=O) groups excluding carboxylic acids is 1. The number of hydrogen-bond acceptors (Lipinski definition) is 4. The van der Waals surface area contributed by atoms with E-state index in [1.165, 1.54) is 0 Å². The third kappa shape index (κ3) is 4.66. The number of carbonyl (C=O) groups is 1. The second-order valence-corrected chi connectivity index (χ2v) is 7.43. The van der Waals surface area contributed by atoms with E-state index in [0.29, 0.717) is 19.7 Å². The van der Waals surface area contributed by atoms with E-state index < -0.39 is 0 Å². The highest BCUT2D eigenvalue weighted by molar-refractivity contribution is 5.79. The van der Waals surface area contributed by atoms with Crippen molar-refractivity contribution in [3.05, 3.63) is 59.9 Å². The highest BCUT2D eigenvalue weighted by atomic mass is 16.5. The lowest BCUT2D eigenvalue weighted by atomic mass is 9.84. The van der Waals surface area contributed by atoms with Crippen LogP contribution in [0.3, 0.4) is 0 Å². The third-order valence-electron chi connectivity index (χ3n) is 5.35. The summed E-state index contributed by atoms with van der Waals surface area (Å²) in [5.41, 5.74) is 2.20. The number of nitrogens with zero attached hydrogens (tertiary/aromatic N) is 2. The zero-order valence-electron chi connectivity index (χ0n) is 15.5. The van der Waals surface area contributed by atoms with E-state index in [4.69, 9.17) is 9.47 Å². The summed E-state index contributed by atoms with van der Waals surface area (Å²) in [6.45, 7) is 2.62. The molecule has 0 bridgehead atoms. The van der Waals surface area contributed by atoms with Crippen LogP contribution in [0.25, 0.3) is 0 Å². The molecule has 1 saturated carbocycles. The maximum atomic E-state index is 13.0. The van der Waals surface area contributed by atoms with E-state index >= 15 is 0 Å². The van der Waals surface area contributed by atoms with Gasteiger partial charge in [0.05, 0.1) is 13.2 Å². The van der Waals surface area contributed by atoms with E-state index in [9.17, 15) is 4.79 Å². The minimum absolute atomic E-state index is 0.129. The molecule has 1 aromatic carbocycles. The van der Waals surface area contributed by atoms with Gasteiger partial charge < -0.3 is 14.4 Å². The van der Waals surface area contributed by atoms with Crippen LogP contribution in [-0.2, 0) is 22.6 Å². The molecule has 0 radical (unpaired) electrons. The summed E-state index contributed by atoms with van der Waals surface area (Å²) in [6, 6.07) is 12.0. The maximum Gasteiger partial charge on any atom is 0.226 e. The highest BCUT2D eigenvalue weighted by Crippen LogP contribution is 2.30. The van der Waals surface area contributed by atoms with Gasteiger partial charge >= 0.3 is 0 Å². The molecule has 1 unspecified atom stereocenters. The summed E-state index contributed by atoms with van der Waals surface area (Å²) in [7, 11) is 0. The summed E-state index contributed by atoms with van der Waals surface area (Å²) in [4.78, 5) is 19.0. The number of ether oxygens (including phenoxy) is 2. The Balaban J connectivity index is 1.47. The van der Waals surface area contributed by atoms with Crippen LogP contribution in [0.15, 0.2) is 48.8 Å². The van der Waals surface area contributed by atoms with Crippen LogP contribution in [0.4, 0.5) is 0 Å². The monoisotopic (exact) mass is 366 g/mol. The van der Waals surface area contributed by atoms with Crippen LogP contribution in [0.2, 0.25) is 0 Å². The molecular formula is C22H26N2O3. The first-order chi connectivity index (χ1) is 13.3. The Morgan fingerprint density at radius 3 is 2.63 bits per heavy atom. The van der Waals surface area contributed by atoms with Crippen LogP contribution in [0.5, 0.6) is 5.75 Å². The molecule has 1 atom stereocenters. The van der Waals surface area contributed by atoms with Gasteiger partial charge in [-0.1, -0.05) is 18.6 Å². The Morgan fingerprint density at radius 2 is 1.93 bits per heavy atom. The molecule has 0 spiro atoms. The lowest BCUT2D eigenvalue weighted by Crippen LogP contribution is -2.38. The molecule has 4 rings (SSSR count). The van der Waals surface area contributed by atoms with Crippen molar-refractivity contribution in [3.8, 4) is 5.75 Å². The van der Waals surface area contributed by atoms with Gasteiger partial charge in [-0.2, -0.15) is 0 Å². The summed E-state index contributed by atoms with van der Waals surface area (Å²) in [5, 5.41) is 0. The first-order valence-corrected chi connectivity index (χ1v) is 9.79. The van der Waals surface area contributed by atoms with Crippen molar-refractivity contribution in [2.75, 3.05) is 13.2 Å². The van der Waals surface area contributed by atoms with Crippen molar-refractivity contribution >= 4 is 5.91 Å². The van der Waals surface area contributed by atoms with Gasteiger partial charge in [0.2, 0.25) is 5.91 Å². The lowest BCUT2D eigenvalue weighted by Gasteiger charge is -2.32. The minimum Gasteiger partial charge on any atom is -0.488 e. The zero-order valence-corrected chi connectivity index (χ0v) is 15.5. The predicted molar refractivity (Wildman–Crippen MR) is 102 cm³/mol. The van der Waals surface area contributed by atoms with Crippen LogP contribution < -0.4 is 4.74 Å². The first kappa shape index (κ1) is 18.0. The molecule has 0 N–H and O–H groups in total. The summed E-state index contributed by atoms with van der Waals surface area (Å²) >= 11 is 0. The third-order valence-corrected chi connectivity index (χ3v) is 5.35. The maximum absolute atomic E-state index is 13.0. The number of aromatic nitrogens is 1. The standard InChI is InChI=1S/C22H26N2O3/c25-22(19-4-2-5-19)24(14-17-7-10-23-11-8-17)15-18-3-1-6-20(13-18)27-21-9-12-26-16-21/h1,3,6-8,10-11,13,19,21H,2,4-5,9,12,14-16H2. The normalized spacial score (nSPS) is 19.5. The molecule has 1 amide bonds. The Kier molecular flexibility index (Phi) is 5.68. The number of amides is 1. The molecule has 5 heteroatoms. The summed E-state index contributed by atoms with van der Waals surface area (Å²) in [6.07, 6.45) is 7.79. The Bertz CT molecular complexity index is 755. The van der Waals surface area contributed by atoms with Crippen molar-refractivity contribution < 1.29 is 14.3 Å². The molecule has 2 aromatic rings. The molecule has 2 fully saturated rings. The van der Waals surface area contributed by atoms with Crippen LogP contribution in [-0.4, -0.2) is 35.1 Å². The van der Waals surface area contributed by atoms with Crippen molar-refractivity contribution in [1.82, 2.24) is 9.88 Å². The van der Waals surface area contributed by atoms with Crippen LogP contribution in [0, 0.1) is 5.92 Å². The van der Waals surface area contributed by atoms with Gasteiger partial charge in [-0.15, -0.1) is 0 Å². The largest absolute Gasteiger partial charge is 0.488 e. The zero-order chi connectivity index (χ0) is 18.5. The Hall–Kier alpha value is -2.40. The molecule has 1 aliphatic heterocycles. The molecule has 2 heterocycles. The lowest BCUT2D eigenvalue weighted by molar-refractivity contribution is -0.139. The SMILES string of the molecule is O=C(C1CCC1)N(Cc1ccncc1)Cc1cccc(OC2CCOC2)c1. The van der Waals surface area contributed by atoms with Gasteiger partial charge in [-0.25, -0.2) is 0 Å². The fourth-order valence-corrected chi connectivity index (χ4v) is 3.57. The second kappa shape index (κ2) is 8.53. The molecule has 1 saturated heterocycles. The fraction of sp³-hybridized carbons (Fsp3) is 0.455. The molecule has 2 aliphatic rings. The molecule has 1 aliphatic carbocycles. The van der Waals surface area contributed by atoms with Crippen molar-refractivity contribution in [1.29, 1.82) is 0 Å². The first-order valence-electron chi connectivity index (χ1n) is 9.79. The van der Waals surface area contributed by atoms with Gasteiger partial charge in [-0.3, -0.25) is 9.78 Å². The molecule has 27 heavy (non-hydrogen) atoms. The van der Waals surface area contributed by atoms with E-state index in [0.717, 1.165) is 49.2 Å². The van der Waals surface area contributed by atoms with Gasteiger partial charge in [0.1, 0.15) is 11.9 Å². The van der Waals surface area contributed by atoms with Crippen molar-refractivity contribution in [2.24, 2.45) is 5.92 Å². The van der Waals surface area contributed by atoms with Crippen LogP contribution in [0.1, 0.15) is 36.8 Å². The minimum atomic E-state index is 0.129. The predicted octanol–water partition coefficient (Wildman–Crippen LogP) is 3.58. The molecule has 1 aromatic heterocycles. The number of benzene rings is 1. The molecular weight excluding hydrogens is 340 g/mol. The Morgan fingerprint density at radius 1 is 1.11 bits per heavy atom. The van der Waals surface area contributed by atoms with Crippen LogP contribution >= 0.6 is 0 Å². The highest BCUT2D eigenvalue weighted by Gasteiger charge is 2.29. The number of hydrogen-bond donors (Lipinski definition) is 0. The second-order valence-electron chi connectivity index (χ2n) is 7.43. The summed E-state index contributed by atoms with van der Waals surface area (Å²) in [5.74, 6) is 1.29. The number of pyridine rings is 1. The van der Waals surface area contributed by atoms with E-state index in [1.54, 1.807) is 12.4 Å². The fourth-order valence-electron chi connectivity index (χ4n) is 3.57. The Labute approximate surface area is 160 Å². The molecule has 5 nitrogen and oxygen atoms in total. The van der Waals surface area contributed by atoms with Gasteiger partial charge in [-0.05, 0) is 48.2 Å². The topological polar surface area (TPSA) is 51.7 Å². The van der Waals surface area contributed by atoms with Crippen molar-refractivity contribution in [3.63, 3.8) is 0 Å². The average molecular weight is 366 g/mol. The smallest absolute Gasteiger partial charge is 0.226 e. The van der Waals surface area contributed by atoms with Gasteiger partial charge in [0.25, 0.3) is 0 Å². The van der Waals surface area contributed by atoms with Gasteiger partial charge in [0.15, 0.2) is 0 Å².